The third-order valence-corrected chi connectivity index (χ3v) is 3.62. The first kappa shape index (κ1) is 14.1. The van der Waals surface area contributed by atoms with Crippen LogP contribution < -0.4 is 5.73 Å². The molecular formula is C14H18FN5O. The van der Waals surface area contributed by atoms with Gasteiger partial charge < -0.3 is 15.2 Å². The van der Waals surface area contributed by atoms with Gasteiger partial charge in [-0.25, -0.2) is 9.37 Å². The van der Waals surface area contributed by atoms with E-state index in [1.165, 1.54) is 31.4 Å². The summed E-state index contributed by atoms with van der Waals surface area (Å²) in [7, 11) is 0. The van der Waals surface area contributed by atoms with Crippen molar-refractivity contribution in [2.45, 2.75) is 25.3 Å². The molecule has 6 nitrogen and oxygen atoms in total. The second-order valence-corrected chi connectivity index (χ2v) is 5.29. The number of piperidine rings is 1. The second kappa shape index (κ2) is 6.28. The standard InChI is InChI=1S/C14H18FN5O/c15-10-4-5-12(17-8-10)14-18-13(19-21-14)11(16)9-20-6-2-1-3-7-20/h4-5,8,11H,1-3,6-7,9,16H2. The van der Waals surface area contributed by atoms with Gasteiger partial charge in [-0.3, -0.25) is 0 Å². The summed E-state index contributed by atoms with van der Waals surface area (Å²) in [6, 6.07) is 2.52. The summed E-state index contributed by atoms with van der Waals surface area (Å²) in [5.41, 5.74) is 6.58. The summed E-state index contributed by atoms with van der Waals surface area (Å²) in [6.45, 7) is 2.85. The summed E-state index contributed by atoms with van der Waals surface area (Å²) in [6.07, 6.45) is 4.83. The number of aromatic nitrogens is 3. The Hall–Kier alpha value is -1.86. The van der Waals surface area contributed by atoms with E-state index in [2.05, 4.69) is 20.0 Å². The highest BCUT2D eigenvalue weighted by molar-refractivity contribution is 5.45. The molecule has 2 aromatic rings. The molecule has 0 bridgehead atoms. The first-order valence-electron chi connectivity index (χ1n) is 7.16. The molecule has 0 amide bonds. The highest BCUT2D eigenvalue weighted by Gasteiger charge is 2.20. The molecule has 112 valence electrons. The Morgan fingerprint density at radius 3 is 2.81 bits per heavy atom. The van der Waals surface area contributed by atoms with Gasteiger partial charge >= 0.3 is 0 Å². The van der Waals surface area contributed by atoms with E-state index in [0.717, 1.165) is 25.8 Å². The van der Waals surface area contributed by atoms with Gasteiger partial charge in [-0.15, -0.1) is 0 Å². The number of hydrogen-bond acceptors (Lipinski definition) is 6. The van der Waals surface area contributed by atoms with Gasteiger partial charge in [-0.1, -0.05) is 11.6 Å². The molecule has 0 spiro atoms. The van der Waals surface area contributed by atoms with Crippen molar-refractivity contribution in [1.82, 2.24) is 20.0 Å². The van der Waals surface area contributed by atoms with Gasteiger partial charge in [-0.2, -0.15) is 4.98 Å². The molecule has 1 unspecified atom stereocenters. The van der Waals surface area contributed by atoms with E-state index in [4.69, 9.17) is 10.3 Å². The van der Waals surface area contributed by atoms with Crippen LogP contribution in [0, 0.1) is 5.82 Å². The first-order valence-corrected chi connectivity index (χ1v) is 7.16. The first-order chi connectivity index (χ1) is 10.2. The molecule has 7 heteroatoms. The Balaban J connectivity index is 1.67. The molecule has 0 saturated carbocycles. The number of nitrogens with zero attached hydrogens (tertiary/aromatic N) is 4. The minimum atomic E-state index is -0.403. The monoisotopic (exact) mass is 291 g/mol. The molecule has 3 rings (SSSR count). The molecule has 3 heterocycles. The van der Waals surface area contributed by atoms with E-state index in [1.54, 1.807) is 0 Å². The van der Waals surface area contributed by atoms with Crippen LogP contribution in [0.5, 0.6) is 0 Å². The van der Waals surface area contributed by atoms with E-state index in [0.29, 0.717) is 11.5 Å². The number of likely N-dealkylation sites (tertiary alicyclic amines) is 1. The van der Waals surface area contributed by atoms with Crippen LogP contribution in [0.3, 0.4) is 0 Å². The molecule has 0 aliphatic carbocycles. The van der Waals surface area contributed by atoms with Crippen LogP contribution in [-0.4, -0.2) is 39.7 Å². The Morgan fingerprint density at radius 2 is 2.10 bits per heavy atom. The van der Waals surface area contributed by atoms with Crippen molar-refractivity contribution >= 4 is 0 Å². The molecule has 2 aromatic heterocycles. The van der Waals surface area contributed by atoms with Crippen LogP contribution >= 0.6 is 0 Å². The SMILES string of the molecule is NC(CN1CCCCC1)c1noc(-c2ccc(F)cn2)n1. The van der Waals surface area contributed by atoms with E-state index >= 15 is 0 Å². The molecule has 1 atom stereocenters. The lowest BCUT2D eigenvalue weighted by Gasteiger charge is -2.27. The van der Waals surface area contributed by atoms with Crippen molar-refractivity contribution in [3.8, 4) is 11.6 Å². The summed E-state index contributed by atoms with van der Waals surface area (Å²) in [4.78, 5) is 10.5. The van der Waals surface area contributed by atoms with E-state index in [9.17, 15) is 4.39 Å². The maximum Gasteiger partial charge on any atom is 0.276 e. The normalized spacial score (nSPS) is 17.8. The third-order valence-electron chi connectivity index (χ3n) is 3.62. The quantitative estimate of drug-likeness (QED) is 0.924. The topological polar surface area (TPSA) is 81.1 Å². The fourth-order valence-electron chi connectivity index (χ4n) is 2.49. The number of pyridine rings is 1. The van der Waals surface area contributed by atoms with Crippen LogP contribution in [0.25, 0.3) is 11.6 Å². The minimum absolute atomic E-state index is 0.263. The zero-order valence-electron chi connectivity index (χ0n) is 11.7. The van der Waals surface area contributed by atoms with Crippen LogP contribution in [0.2, 0.25) is 0 Å². The average molecular weight is 291 g/mol. The second-order valence-electron chi connectivity index (χ2n) is 5.29. The van der Waals surface area contributed by atoms with Gasteiger partial charge in [0, 0.05) is 6.54 Å². The molecule has 0 aromatic carbocycles. The van der Waals surface area contributed by atoms with E-state index < -0.39 is 5.82 Å². The Morgan fingerprint density at radius 1 is 1.29 bits per heavy atom. The lowest BCUT2D eigenvalue weighted by molar-refractivity contribution is 0.213. The predicted octanol–water partition coefficient (Wildman–Crippen LogP) is 1.76. The molecular weight excluding hydrogens is 273 g/mol. The smallest absolute Gasteiger partial charge is 0.276 e. The Kier molecular flexibility index (Phi) is 4.21. The zero-order chi connectivity index (χ0) is 14.7. The van der Waals surface area contributed by atoms with Crippen molar-refractivity contribution in [3.63, 3.8) is 0 Å². The molecule has 2 N–H and O–H groups in total. The zero-order valence-corrected chi connectivity index (χ0v) is 11.7. The molecule has 1 saturated heterocycles. The largest absolute Gasteiger partial charge is 0.332 e. The Labute approximate surface area is 122 Å². The van der Waals surface area contributed by atoms with Gasteiger partial charge in [0.1, 0.15) is 11.5 Å². The van der Waals surface area contributed by atoms with Crippen molar-refractivity contribution in [1.29, 1.82) is 0 Å². The van der Waals surface area contributed by atoms with E-state index in [-0.39, 0.29) is 11.9 Å². The lowest BCUT2D eigenvalue weighted by atomic mass is 10.1. The Bertz CT molecular complexity index is 579. The van der Waals surface area contributed by atoms with Crippen molar-refractivity contribution in [2.75, 3.05) is 19.6 Å². The van der Waals surface area contributed by atoms with Crippen molar-refractivity contribution in [3.05, 3.63) is 30.0 Å². The lowest BCUT2D eigenvalue weighted by Crippen LogP contribution is -2.36. The van der Waals surface area contributed by atoms with E-state index in [1.807, 2.05) is 0 Å². The number of rotatable bonds is 4. The molecule has 1 fully saturated rings. The molecule has 1 aliphatic heterocycles. The van der Waals surface area contributed by atoms with Gasteiger partial charge in [0.2, 0.25) is 0 Å². The van der Waals surface area contributed by atoms with Crippen LogP contribution in [0.1, 0.15) is 31.1 Å². The summed E-state index contributed by atoms with van der Waals surface area (Å²) < 4.78 is 18.0. The van der Waals surface area contributed by atoms with Crippen molar-refractivity contribution in [2.24, 2.45) is 5.73 Å². The third kappa shape index (κ3) is 3.43. The highest BCUT2D eigenvalue weighted by atomic mass is 19.1. The average Bonchev–Trinajstić information content (AvgIpc) is 2.99. The highest BCUT2D eigenvalue weighted by Crippen LogP contribution is 2.18. The molecule has 21 heavy (non-hydrogen) atoms. The minimum Gasteiger partial charge on any atom is -0.332 e. The summed E-state index contributed by atoms with van der Waals surface area (Å²) in [5.74, 6) is 0.320. The fraction of sp³-hybridized carbons (Fsp3) is 0.500. The molecule has 0 radical (unpaired) electrons. The molecule has 1 aliphatic rings. The van der Waals surface area contributed by atoms with Crippen LogP contribution in [0.4, 0.5) is 4.39 Å². The van der Waals surface area contributed by atoms with Gasteiger partial charge in [0.05, 0.1) is 12.2 Å². The van der Waals surface area contributed by atoms with Crippen molar-refractivity contribution < 1.29 is 8.91 Å². The number of halogens is 1. The predicted molar refractivity (Wildman–Crippen MR) is 74.7 cm³/mol. The van der Waals surface area contributed by atoms with Gasteiger partial charge in [0.15, 0.2) is 5.82 Å². The van der Waals surface area contributed by atoms with Gasteiger partial charge in [0.25, 0.3) is 5.89 Å². The number of hydrogen-bond donors (Lipinski definition) is 1. The van der Waals surface area contributed by atoms with Crippen LogP contribution in [-0.2, 0) is 0 Å². The summed E-state index contributed by atoms with van der Waals surface area (Å²) >= 11 is 0. The van der Waals surface area contributed by atoms with Crippen LogP contribution in [0.15, 0.2) is 22.9 Å². The maximum absolute atomic E-state index is 12.8. The fourth-order valence-corrected chi connectivity index (χ4v) is 2.49. The maximum atomic E-state index is 12.8. The van der Waals surface area contributed by atoms with Gasteiger partial charge in [-0.05, 0) is 38.1 Å². The summed E-state index contributed by atoms with van der Waals surface area (Å²) in [5, 5.41) is 3.91. The number of nitrogens with two attached hydrogens (primary N) is 1.